The molecule has 0 spiro atoms. The van der Waals surface area contributed by atoms with Crippen molar-refractivity contribution in [3.63, 3.8) is 0 Å². The first-order chi connectivity index (χ1) is 13.4. The molecule has 1 N–H and O–H groups in total. The van der Waals surface area contributed by atoms with Gasteiger partial charge in [0.05, 0.1) is 21.8 Å². The standard InChI is InChI=1S/C23H22N4O/c1-6-9-14(2)15(3)17(5)25-13-19-16(4)18(12-24)22-26-20-10-7-8-11-21(20)27(22)23(19)28/h6-11,13,25H,1H2,2-5H3/b14-9-,17-15+,19-13+. The van der Waals surface area contributed by atoms with E-state index in [2.05, 4.69) is 22.9 Å². The smallest absolute Gasteiger partial charge is 0.265 e. The number of para-hydroxylation sites is 2. The van der Waals surface area contributed by atoms with E-state index in [9.17, 15) is 10.1 Å². The normalized spacial score (nSPS) is 13.5. The van der Waals surface area contributed by atoms with Gasteiger partial charge in [-0.05, 0) is 56.5 Å². The van der Waals surface area contributed by atoms with Gasteiger partial charge in [0, 0.05) is 11.9 Å². The molecule has 0 aliphatic carbocycles. The van der Waals surface area contributed by atoms with Gasteiger partial charge >= 0.3 is 0 Å². The Morgan fingerprint density at radius 2 is 2.00 bits per heavy atom. The Morgan fingerprint density at radius 3 is 2.68 bits per heavy atom. The molecule has 3 aromatic rings. The molecule has 0 saturated heterocycles. The predicted octanol–water partition coefficient (Wildman–Crippen LogP) is 3.50. The first-order valence-corrected chi connectivity index (χ1v) is 8.98. The zero-order valence-corrected chi connectivity index (χ0v) is 16.5. The number of benzene rings is 1. The van der Waals surface area contributed by atoms with Gasteiger partial charge in [-0.2, -0.15) is 5.26 Å². The summed E-state index contributed by atoms with van der Waals surface area (Å²) >= 11 is 0. The summed E-state index contributed by atoms with van der Waals surface area (Å²) in [5, 5.41) is 13.3. The van der Waals surface area contributed by atoms with Gasteiger partial charge in [0.1, 0.15) is 6.07 Å². The number of nitrogens with one attached hydrogen (secondary N) is 1. The molecule has 28 heavy (non-hydrogen) atoms. The predicted molar refractivity (Wildman–Crippen MR) is 114 cm³/mol. The molecular formula is C23H22N4O. The fourth-order valence-corrected chi connectivity index (χ4v) is 3.17. The Labute approximate surface area is 163 Å². The van der Waals surface area contributed by atoms with Crippen LogP contribution in [0.3, 0.4) is 0 Å². The highest BCUT2D eigenvalue weighted by atomic mass is 16.1. The van der Waals surface area contributed by atoms with Crippen molar-refractivity contribution < 1.29 is 0 Å². The van der Waals surface area contributed by atoms with Crippen LogP contribution in [0.1, 0.15) is 31.9 Å². The minimum absolute atomic E-state index is 0.198. The lowest BCUT2D eigenvalue weighted by Gasteiger charge is -2.09. The third kappa shape index (κ3) is 3.10. The highest BCUT2D eigenvalue weighted by Crippen LogP contribution is 2.17. The van der Waals surface area contributed by atoms with Gasteiger partial charge in [0.2, 0.25) is 0 Å². The molecule has 0 unspecified atom stereocenters. The van der Waals surface area contributed by atoms with E-state index >= 15 is 0 Å². The summed E-state index contributed by atoms with van der Waals surface area (Å²) < 4.78 is 1.52. The highest BCUT2D eigenvalue weighted by Gasteiger charge is 2.15. The summed E-state index contributed by atoms with van der Waals surface area (Å²) in [5.74, 6) is 0. The second kappa shape index (κ2) is 7.53. The summed E-state index contributed by atoms with van der Waals surface area (Å²) in [6.45, 7) is 11.5. The molecule has 1 aromatic carbocycles. The minimum Gasteiger partial charge on any atom is -0.364 e. The Kier molecular flexibility index (Phi) is 5.14. The summed E-state index contributed by atoms with van der Waals surface area (Å²) in [4.78, 5) is 17.7. The number of rotatable bonds is 4. The number of nitriles is 1. The van der Waals surface area contributed by atoms with Gasteiger partial charge in [-0.3, -0.25) is 9.20 Å². The fourth-order valence-electron chi connectivity index (χ4n) is 3.17. The van der Waals surface area contributed by atoms with E-state index in [0.717, 1.165) is 16.8 Å². The monoisotopic (exact) mass is 370 g/mol. The van der Waals surface area contributed by atoms with Crippen molar-refractivity contribution in [2.24, 2.45) is 0 Å². The van der Waals surface area contributed by atoms with Crippen LogP contribution in [-0.2, 0) is 0 Å². The van der Waals surface area contributed by atoms with Crippen LogP contribution in [0.25, 0.3) is 22.9 Å². The maximum absolute atomic E-state index is 13.2. The second-order valence-corrected chi connectivity index (χ2v) is 6.71. The zero-order chi connectivity index (χ0) is 20.4. The number of allylic oxidation sites excluding steroid dienone is 5. The van der Waals surface area contributed by atoms with Crippen molar-refractivity contribution in [1.29, 1.82) is 5.26 Å². The van der Waals surface area contributed by atoms with Crippen molar-refractivity contribution in [2.75, 3.05) is 0 Å². The van der Waals surface area contributed by atoms with Crippen LogP contribution >= 0.6 is 0 Å². The number of pyridine rings is 1. The third-order valence-electron chi connectivity index (χ3n) is 5.06. The number of hydrogen-bond acceptors (Lipinski definition) is 4. The van der Waals surface area contributed by atoms with Gasteiger partial charge in [0.15, 0.2) is 5.65 Å². The molecular weight excluding hydrogens is 348 g/mol. The van der Waals surface area contributed by atoms with E-state index in [4.69, 9.17) is 0 Å². The third-order valence-corrected chi connectivity index (χ3v) is 5.06. The van der Waals surface area contributed by atoms with Crippen molar-refractivity contribution in [1.82, 2.24) is 14.7 Å². The quantitative estimate of drug-likeness (QED) is 0.714. The van der Waals surface area contributed by atoms with Crippen LogP contribution in [0.4, 0.5) is 0 Å². The molecule has 2 aromatic heterocycles. The van der Waals surface area contributed by atoms with Gasteiger partial charge in [-0.1, -0.05) is 30.9 Å². The van der Waals surface area contributed by atoms with E-state index in [1.165, 1.54) is 4.40 Å². The SMILES string of the molecule is C=C/C=C(C)\C(C)=C(/C)N/C=c1\c(C)c(C#N)c2nc3ccccc3n2c1=O. The minimum atomic E-state index is -0.198. The average molecular weight is 370 g/mol. The van der Waals surface area contributed by atoms with Gasteiger partial charge in [-0.15, -0.1) is 0 Å². The molecule has 2 heterocycles. The van der Waals surface area contributed by atoms with Crippen LogP contribution < -0.4 is 16.1 Å². The average Bonchev–Trinajstić information content (AvgIpc) is 3.07. The first-order valence-electron chi connectivity index (χ1n) is 8.98. The molecule has 0 bridgehead atoms. The molecule has 0 aliphatic heterocycles. The molecule has 0 saturated carbocycles. The molecule has 5 heteroatoms. The second-order valence-electron chi connectivity index (χ2n) is 6.71. The summed E-state index contributed by atoms with van der Waals surface area (Å²) in [5.41, 5.74) is 5.69. The van der Waals surface area contributed by atoms with Crippen molar-refractivity contribution in [2.45, 2.75) is 27.7 Å². The number of nitrogens with zero attached hydrogens (tertiary/aromatic N) is 3. The maximum atomic E-state index is 13.2. The molecule has 0 aliphatic rings. The maximum Gasteiger partial charge on any atom is 0.265 e. The van der Waals surface area contributed by atoms with Crippen molar-refractivity contribution >= 4 is 22.9 Å². The largest absolute Gasteiger partial charge is 0.364 e. The van der Waals surface area contributed by atoms with Crippen molar-refractivity contribution in [3.05, 3.63) is 86.5 Å². The van der Waals surface area contributed by atoms with E-state index in [1.54, 1.807) is 19.2 Å². The van der Waals surface area contributed by atoms with Crippen LogP contribution in [0, 0.1) is 18.3 Å². The van der Waals surface area contributed by atoms with Gasteiger partial charge in [0.25, 0.3) is 5.56 Å². The first kappa shape index (κ1) is 19.1. The molecule has 0 fully saturated rings. The van der Waals surface area contributed by atoms with Gasteiger partial charge in [-0.25, -0.2) is 4.98 Å². The molecule has 5 nitrogen and oxygen atoms in total. The molecule has 140 valence electrons. The fraction of sp³-hybridized carbons (Fsp3) is 0.174. The lowest BCUT2D eigenvalue weighted by atomic mass is 10.1. The van der Waals surface area contributed by atoms with Crippen LogP contribution in [0.2, 0.25) is 0 Å². The highest BCUT2D eigenvalue weighted by molar-refractivity contribution is 5.82. The van der Waals surface area contributed by atoms with E-state index in [-0.39, 0.29) is 5.56 Å². The molecule has 0 radical (unpaired) electrons. The van der Waals surface area contributed by atoms with Crippen LogP contribution in [0.5, 0.6) is 0 Å². The van der Waals surface area contributed by atoms with Crippen LogP contribution in [0.15, 0.2) is 64.6 Å². The van der Waals surface area contributed by atoms with Crippen molar-refractivity contribution in [3.8, 4) is 6.07 Å². The lowest BCUT2D eigenvalue weighted by Crippen LogP contribution is -2.35. The number of imidazole rings is 1. The Morgan fingerprint density at radius 1 is 1.29 bits per heavy atom. The summed E-state index contributed by atoms with van der Waals surface area (Å²) in [7, 11) is 0. The number of aromatic nitrogens is 2. The Hall–Kier alpha value is -3.65. The zero-order valence-electron chi connectivity index (χ0n) is 16.5. The van der Waals surface area contributed by atoms with Gasteiger partial charge < -0.3 is 5.32 Å². The number of hydrogen-bond donors (Lipinski definition) is 1. The van der Waals surface area contributed by atoms with E-state index in [1.807, 2.05) is 51.1 Å². The summed E-state index contributed by atoms with van der Waals surface area (Å²) in [6.07, 6.45) is 5.35. The lowest BCUT2D eigenvalue weighted by molar-refractivity contribution is 1.04. The molecule has 0 atom stereocenters. The topological polar surface area (TPSA) is 70.2 Å². The van der Waals surface area contributed by atoms with E-state index < -0.39 is 0 Å². The number of fused-ring (bicyclic) bond motifs is 3. The van der Waals surface area contributed by atoms with E-state index in [0.29, 0.717) is 33.0 Å². The van der Waals surface area contributed by atoms with Crippen LogP contribution in [-0.4, -0.2) is 9.38 Å². The summed E-state index contributed by atoms with van der Waals surface area (Å²) in [6, 6.07) is 9.60. The molecule has 0 amide bonds. The molecule has 3 rings (SSSR count). The Balaban J connectivity index is 2.29. The Bertz CT molecular complexity index is 1320.